The van der Waals surface area contributed by atoms with E-state index in [4.69, 9.17) is 20.8 Å². The van der Waals surface area contributed by atoms with Gasteiger partial charge in [0.05, 0.1) is 23.0 Å². The van der Waals surface area contributed by atoms with Crippen LogP contribution in [-0.4, -0.2) is 55.9 Å². The van der Waals surface area contributed by atoms with Gasteiger partial charge in [-0.1, -0.05) is 53.7 Å². The Balaban J connectivity index is 1.37. The van der Waals surface area contributed by atoms with Gasteiger partial charge < -0.3 is 14.1 Å². The molecule has 0 saturated carbocycles. The summed E-state index contributed by atoms with van der Waals surface area (Å²) < 4.78 is 13.3. The fourth-order valence-electron chi connectivity index (χ4n) is 4.10. The predicted molar refractivity (Wildman–Crippen MR) is 134 cm³/mol. The summed E-state index contributed by atoms with van der Waals surface area (Å²) in [6.45, 7) is 4.98. The van der Waals surface area contributed by atoms with Gasteiger partial charge in [0.2, 0.25) is 5.89 Å². The number of nitrogens with zero attached hydrogens (tertiary/aromatic N) is 5. The number of para-hydroxylation sites is 1. The van der Waals surface area contributed by atoms with Gasteiger partial charge in [-0.05, 0) is 38.1 Å². The minimum Gasteiger partial charge on any atom is -0.447 e. The third kappa shape index (κ3) is 5.12. The van der Waals surface area contributed by atoms with Crippen molar-refractivity contribution in [2.45, 2.75) is 37.0 Å². The maximum Gasteiger partial charge on any atom is 0.275 e. The number of carbonyl (C=O) groups is 1. The van der Waals surface area contributed by atoms with Crippen molar-refractivity contribution in [2.75, 3.05) is 13.1 Å². The number of aromatic nitrogens is 4. The van der Waals surface area contributed by atoms with E-state index in [9.17, 15) is 4.79 Å². The number of ether oxygens (including phenoxy) is 1. The minimum atomic E-state index is -0.152. The van der Waals surface area contributed by atoms with Crippen LogP contribution in [0.15, 0.2) is 70.4 Å². The van der Waals surface area contributed by atoms with E-state index in [-0.39, 0.29) is 18.1 Å². The third-order valence-corrected chi connectivity index (χ3v) is 6.81. The number of benzene rings is 2. The lowest BCUT2D eigenvalue weighted by molar-refractivity contribution is -0.0587. The van der Waals surface area contributed by atoms with Gasteiger partial charge in [0.15, 0.2) is 16.7 Å². The highest BCUT2D eigenvalue weighted by molar-refractivity contribution is 7.98. The van der Waals surface area contributed by atoms with Gasteiger partial charge in [-0.15, -0.1) is 10.2 Å². The normalized spacial score (nSPS) is 18.1. The van der Waals surface area contributed by atoms with E-state index in [0.717, 1.165) is 11.3 Å². The summed E-state index contributed by atoms with van der Waals surface area (Å²) >= 11 is 7.88. The molecule has 0 bridgehead atoms. The van der Waals surface area contributed by atoms with Gasteiger partial charge >= 0.3 is 0 Å². The Morgan fingerprint density at radius 1 is 1.06 bits per heavy atom. The maximum absolute atomic E-state index is 12.9. The molecule has 0 aliphatic carbocycles. The molecule has 5 rings (SSSR count). The summed E-state index contributed by atoms with van der Waals surface area (Å²) in [5.41, 5.74) is 1.99. The lowest BCUT2D eigenvalue weighted by Crippen LogP contribution is -2.48. The van der Waals surface area contributed by atoms with Gasteiger partial charge in [-0.2, -0.15) is 0 Å². The average molecular weight is 510 g/mol. The maximum atomic E-state index is 12.9. The van der Waals surface area contributed by atoms with Crippen molar-refractivity contribution in [3.8, 4) is 17.1 Å². The zero-order valence-electron chi connectivity index (χ0n) is 19.3. The monoisotopic (exact) mass is 509 g/mol. The zero-order chi connectivity index (χ0) is 24.4. The van der Waals surface area contributed by atoms with Crippen molar-refractivity contribution in [1.82, 2.24) is 24.6 Å². The van der Waals surface area contributed by atoms with E-state index in [1.54, 1.807) is 4.90 Å². The lowest BCUT2D eigenvalue weighted by atomic mass is 10.2. The summed E-state index contributed by atoms with van der Waals surface area (Å²) in [5.74, 6) is 1.31. The van der Waals surface area contributed by atoms with Crippen molar-refractivity contribution in [3.05, 3.63) is 77.5 Å². The summed E-state index contributed by atoms with van der Waals surface area (Å²) in [6, 6.07) is 17.4. The Morgan fingerprint density at radius 3 is 2.51 bits per heavy atom. The molecule has 0 radical (unpaired) electrons. The lowest BCUT2D eigenvalue weighted by Gasteiger charge is -2.34. The second kappa shape index (κ2) is 10.2. The standard InChI is InChI=1S/C25H24ClN5O3S/c1-16-12-30(13-17(2)34-16)24(32)21-14-33-22(27-21)15-35-25-29-28-23(19-10-6-7-11-20(19)26)31(25)18-8-4-3-5-9-18/h3-11,14,16-17H,12-13,15H2,1-2H3. The van der Waals surface area contributed by atoms with Crippen LogP contribution in [0, 0.1) is 0 Å². The number of thioether (sulfide) groups is 1. The molecule has 2 aromatic carbocycles. The topological polar surface area (TPSA) is 86.3 Å². The Labute approximate surface area is 212 Å². The van der Waals surface area contributed by atoms with Gasteiger partial charge in [0, 0.05) is 24.3 Å². The molecular formula is C25H24ClN5O3S. The quantitative estimate of drug-likeness (QED) is 0.333. The summed E-state index contributed by atoms with van der Waals surface area (Å²) in [7, 11) is 0. The number of carbonyl (C=O) groups excluding carboxylic acids is 1. The van der Waals surface area contributed by atoms with Crippen LogP contribution in [0.3, 0.4) is 0 Å². The Kier molecular flexibility index (Phi) is 6.90. The number of rotatable bonds is 6. The van der Waals surface area contributed by atoms with Gasteiger partial charge in [-0.25, -0.2) is 4.98 Å². The highest BCUT2D eigenvalue weighted by Crippen LogP contribution is 2.32. The Bertz CT molecular complexity index is 1320. The molecule has 4 aromatic rings. The first-order valence-electron chi connectivity index (χ1n) is 11.3. The molecule has 1 aliphatic heterocycles. The van der Waals surface area contributed by atoms with Crippen LogP contribution >= 0.6 is 23.4 Å². The molecule has 2 atom stereocenters. The summed E-state index contributed by atoms with van der Waals surface area (Å²) in [6.07, 6.45) is 1.39. The van der Waals surface area contributed by atoms with Crippen molar-refractivity contribution < 1.29 is 13.9 Å². The molecule has 2 aromatic heterocycles. The van der Waals surface area contributed by atoms with Crippen LogP contribution in [0.5, 0.6) is 0 Å². The van der Waals surface area contributed by atoms with Crippen LogP contribution in [-0.2, 0) is 10.5 Å². The van der Waals surface area contributed by atoms with Gasteiger partial charge in [0.25, 0.3) is 5.91 Å². The highest BCUT2D eigenvalue weighted by Gasteiger charge is 2.28. The molecule has 10 heteroatoms. The number of amides is 1. The SMILES string of the molecule is CC1CN(C(=O)c2coc(CSc3nnc(-c4ccccc4Cl)n3-c3ccccc3)n2)CC(C)O1. The molecule has 1 saturated heterocycles. The van der Waals surface area contributed by atoms with Crippen LogP contribution in [0.4, 0.5) is 0 Å². The third-order valence-electron chi connectivity index (χ3n) is 5.56. The van der Waals surface area contributed by atoms with Crippen molar-refractivity contribution in [3.63, 3.8) is 0 Å². The Morgan fingerprint density at radius 2 is 1.77 bits per heavy atom. The highest BCUT2D eigenvalue weighted by atomic mass is 35.5. The fraction of sp³-hybridized carbons (Fsp3) is 0.280. The molecule has 1 fully saturated rings. The summed E-state index contributed by atoms with van der Waals surface area (Å²) in [4.78, 5) is 19.1. The number of morpholine rings is 1. The second-order valence-corrected chi connectivity index (χ2v) is 9.69. The zero-order valence-corrected chi connectivity index (χ0v) is 20.9. The fourth-order valence-corrected chi connectivity index (χ4v) is 5.12. The van der Waals surface area contributed by atoms with E-state index in [2.05, 4.69) is 15.2 Å². The number of hydrogen-bond acceptors (Lipinski definition) is 7. The predicted octanol–water partition coefficient (Wildman–Crippen LogP) is 5.12. The van der Waals surface area contributed by atoms with E-state index >= 15 is 0 Å². The minimum absolute atomic E-state index is 0.0127. The number of halogens is 1. The molecular weight excluding hydrogens is 486 g/mol. The molecule has 0 spiro atoms. The van der Waals surface area contributed by atoms with E-state index in [1.807, 2.05) is 73.0 Å². The summed E-state index contributed by atoms with van der Waals surface area (Å²) in [5, 5.41) is 10.1. The molecule has 2 unspecified atom stereocenters. The molecule has 180 valence electrons. The molecule has 1 amide bonds. The van der Waals surface area contributed by atoms with Gasteiger partial charge in [-0.3, -0.25) is 9.36 Å². The molecule has 3 heterocycles. The first-order valence-corrected chi connectivity index (χ1v) is 12.6. The van der Waals surface area contributed by atoms with Crippen LogP contribution < -0.4 is 0 Å². The molecule has 35 heavy (non-hydrogen) atoms. The Hall–Kier alpha value is -3.14. The van der Waals surface area contributed by atoms with Crippen LogP contribution in [0.25, 0.3) is 17.1 Å². The molecule has 1 aliphatic rings. The first-order chi connectivity index (χ1) is 17.0. The van der Waals surface area contributed by atoms with Crippen molar-refractivity contribution in [2.24, 2.45) is 0 Å². The second-order valence-electron chi connectivity index (χ2n) is 8.34. The number of oxazole rings is 1. The first kappa shape index (κ1) is 23.6. The largest absolute Gasteiger partial charge is 0.447 e. The molecule has 0 N–H and O–H groups in total. The number of hydrogen-bond donors (Lipinski definition) is 0. The van der Waals surface area contributed by atoms with Crippen molar-refractivity contribution in [1.29, 1.82) is 0 Å². The van der Waals surface area contributed by atoms with Crippen LogP contribution in [0.1, 0.15) is 30.2 Å². The van der Waals surface area contributed by atoms with Crippen molar-refractivity contribution >= 4 is 29.3 Å². The van der Waals surface area contributed by atoms with Crippen LogP contribution in [0.2, 0.25) is 5.02 Å². The van der Waals surface area contributed by atoms with Gasteiger partial charge in [0.1, 0.15) is 6.26 Å². The van der Waals surface area contributed by atoms with E-state index in [1.165, 1.54) is 18.0 Å². The van der Waals surface area contributed by atoms with E-state index in [0.29, 0.717) is 46.4 Å². The smallest absolute Gasteiger partial charge is 0.275 e. The van der Waals surface area contributed by atoms with E-state index < -0.39 is 0 Å². The molecule has 8 nitrogen and oxygen atoms in total. The average Bonchev–Trinajstić information content (AvgIpc) is 3.50.